The number of hydrogen-bond donors (Lipinski definition) is 2. The molecule has 2 amide bonds. The molecule has 0 radical (unpaired) electrons. The second-order valence-electron chi connectivity index (χ2n) is 6.40. The summed E-state index contributed by atoms with van der Waals surface area (Å²) in [6, 6.07) is 7.82. The molecule has 6 heteroatoms. The number of nitrogens with zero attached hydrogens (tertiary/aromatic N) is 1. The lowest BCUT2D eigenvalue weighted by Crippen LogP contribution is -2.40. The summed E-state index contributed by atoms with van der Waals surface area (Å²) in [5.41, 5.74) is 3.81. The van der Waals surface area contributed by atoms with Crippen molar-refractivity contribution in [2.75, 3.05) is 27.2 Å². The standard InChI is InChI=1S/C19H25N3O2S/c1-13-7-14(2)9-16(8-13)19(24)21-11-18(23)20-10-17(22(3)4)15-5-6-25-12-15/h5-9,12,17H,10-11H2,1-4H3,(H,20,23)(H,21,24). The third-order valence-electron chi connectivity index (χ3n) is 3.94. The fourth-order valence-corrected chi connectivity index (χ4v) is 3.41. The highest BCUT2D eigenvalue weighted by atomic mass is 32.1. The van der Waals surface area contributed by atoms with E-state index in [1.807, 2.05) is 51.5 Å². The SMILES string of the molecule is Cc1cc(C)cc(C(=O)NCC(=O)NCC(c2ccsc2)N(C)C)c1. The molecule has 2 aromatic rings. The summed E-state index contributed by atoms with van der Waals surface area (Å²) in [6.45, 7) is 4.36. The van der Waals surface area contributed by atoms with Crippen molar-refractivity contribution in [2.24, 2.45) is 0 Å². The molecule has 1 aromatic carbocycles. The number of rotatable bonds is 7. The third-order valence-corrected chi connectivity index (χ3v) is 4.64. The average molecular weight is 359 g/mol. The van der Waals surface area contributed by atoms with Crippen molar-refractivity contribution in [2.45, 2.75) is 19.9 Å². The van der Waals surface area contributed by atoms with Gasteiger partial charge in [0.2, 0.25) is 5.91 Å². The molecule has 0 saturated heterocycles. The predicted octanol–water partition coefficient (Wildman–Crippen LogP) is 2.51. The van der Waals surface area contributed by atoms with Crippen LogP contribution in [0, 0.1) is 13.8 Å². The number of benzene rings is 1. The Hall–Kier alpha value is -2.18. The molecular formula is C19H25N3O2S. The van der Waals surface area contributed by atoms with Crippen LogP contribution in [-0.4, -0.2) is 43.9 Å². The van der Waals surface area contributed by atoms with Crippen LogP contribution in [0.15, 0.2) is 35.0 Å². The van der Waals surface area contributed by atoms with Gasteiger partial charge in [-0.2, -0.15) is 11.3 Å². The summed E-state index contributed by atoms with van der Waals surface area (Å²) < 4.78 is 0. The van der Waals surface area contributed by atoms with Gasteiger partial charge in [0, 0.05) is 12.1 Å². The lowest BCUT2D eigenvalue weighted by atomic mass is 10.1. The van der Waals surface area contributed by atoms with Crippen molar-refractivity contribution in [3.8, 4) is 0 Å². The molecular weight excluding hydrogens is 334 g/mol. The molecule has 1 atom stereocenters. The molecule has 2 rings (SSSR count). The number of carbonyl (C=O) groups is 2. The predicted molar refractivity (Wildman–Crippen MR) is 102 cm³/mol. The summed E-state index contributed by atoms with van der Waals surface area (Å²) >= 11 is 1.64. The number of carbonyl (C=O) groups excluding carboxylic acids is 2. The number of likely N-dealkylation sites (N-methyl/N-ethyl adjacent to an activating group) is 1. The summed E-state index contributed by atoms with van der Waals surface area (Å²) in [7, 11) is 3.96. The van der Waals surface area contributed by atoms with Gasteiger partial charge in [-0.3, -0.25) is 9.59 Å². The first-order valence-corrected chi connectivity index (χ1v) is 9.13. The molecule has 25 heavy (non-hydrogen) atoms. The third kappa shape index (κ3) is 5.69. The van der Waals surface area contributed by atoms with Crippen molar-refractivity contribution in [3.63, 3.8) is 0 Å². The van der Waals surface area contributed by atoms with Crippen LogP contribution in [0.4, 0.5) is 0 Å². The van der Waals surface area contributed by atoms with Crippen molar-refractivity contribution in [3.05, 3.63) is 57.3 Å². The minimum atomic E-state index is -0.232. The van der Waals surface area contributed by atoms with Crippen LogP contribution < -0.4 is 10.6 Å². The van der Waals surface area contributed by atoms with Gasteiger partial charge in [-0.05, 0) is 62.5 Å². The Labute approximate surface area is 153 Å². The molecule has 0 fully saturated rings. The molecule has 0 aliphatic carbocycles. The van der Waals surface area contributed by atoms with Gasteiger partial charge in [-0.15, -0.1) is 0 Å². The highest BCUT2D eigenvalue weighted by Gasteiger charge is 2.16. The maximum atomic E-state index is 12.2. The second-order valence-corrected chi connectivity index (χ2v) is 7.18. The topological polar surface area (TPSA) is 61.4 Å². The minimum Gasteiger partial charge on any atom is -0.353 e. The number of thiophene rings is 1. The van der Waals surface area contributed by atoms with Crippen LogP contribution in [0.1, 0.15) is 33.1 Å². The maximum absolute atomic E-state index is 12.2. The normalized spacial score (nSPS) is 12.0. The molecule has 1 heterocycles. The van der Waals surface area contributed by atoms with Crippen LogP contribution >= 0.6 is 11.3 Å². The van der Waals surface area contributed by atoms with Gasteiger partial charge >= 0.3 is 0 Å². The quantitative estimate of drug-likeness (QED) is 0.798. The van der Waals surface area contributed by atoms with Gasteiger partial charge in [0.25, 0.3) is 5.91 Å². The Morgan fingerprint density at radius 2 is 1.80 bits per heavy atom. The summed E-state index contributed by atoms with van der Waals surface area (Å²) in [5, 5.41) is 9.68. The molecule has 1 unspecified atom stereocenters. The van der Waals surface area contributed by atoms with E-state index < -0.39 is 0 Å². The Balaban J connectivity index is 1.84. The van der Waals surface area contributed by atoms with Gasteiger partial charge in [0.05, 0.1) is 12.6 Å². The maximum Gasteiger partial charge on any atom is 0.251 e. The molecule has 2 N–H and O–H groups in total. The molecule has 0 saturated carbocycles. The summed E-state index contributed by atoms with van der Waals surface area (Å²) in [4.78, 5) is 26.3. The number of hydrogen-bond acceptors (Lipinski definition) is 4. The van der Waals surface area contributed by atoms with Crippen molar-refractivity contribution in [1.29, 1.82) is 0 Å². The number of amides is 2. The lowest BCUT2D eigenvalue weighted by molar-refractivity contribution is -0.120. The van der Waals surface area contributed by atoms with Crippen molar-refractivity contribution >= 4 is 23.2 Å². The van der Waals surface area contributed by atoms with E-state index >= 15 is 0 Å². The molecule has 0 bridgehead atoms. The van der Waals surface area contributed by atoms with Gasteiger partial charge in [0.15, 0.2) is 0 Å². The molecule has 1 aromatic heterocycles. The average Bonchev–Trinajstić information content (AvgIpc) is 3.05. The molecule has 0 aliphatic rings. The van der Waals surface area contributed by atoms with Crippen LogP contribution in [-0.2, 0) is 4.79 Å². The first kappa shape index (κ1) is 19.1. The number of aryl methyl sites for hydroxylation is 2. The van der Waals surface area contributed by atoms with Crippen molar-refractivity contribution < 1.29 is 9.59 Å². The van der Waals surface area contributed by atoms with E-state index in [9.17, 15) is 9.59 Å². The van der Waals surface area contributed by atoms with E-state index in [0.29, 0.717) is 12.1 Å². The molecule has 5 nitrogen and oxygen atoms in total. The van der Waals surface area contributed by atoms with Gasteiger partial charge in [0.1, 0.15) is 0 Å². The number of nitrogens with one attached hydrogen (secondary N) is 2. The Bertz CT molecular complexity index is 706. The zero-order valence-electron chi connectivity index (χ0n) is 15.1. The van der Waals surface area contributed by atoms with Gasteiger partial charge in [-0.1, -0.05) is 17.2 Å². The molecule has 134 valence electrons. The van der Waals surface area contributed by atoms with E-state index in [2.05, 4.69) is 27.0 Å². The van der Waals surface area contributed by atoms with Gasteiger partial charge < -0.3 is 15.5 Å². The Kier molecular flexibility index (Phi) is 6.73. The van der Waals surface area contributed by atoms with E-state index in [-0.39, 0.29) is 24.4 Å². The summed E-state index contributed by atoms with van der Waals surface area (Å²) in [6.07, 6.45) is 0. The highest BCUT2D eigenvalue weighted by molar-refractivity contribution is 7.07. The first-order chi connectivity index (χ1) is 11.9. The lowest BCUT2D eigenvalue weighted by Gasteiger charge is -2.24. The largest absolute Gasteiger partial charge is 0.353 e. The van der Waals surface area contributed by atoms with Crippen LogP contribution in [0.3, 0.4) is 0 Å². The fraction of sp³-hybridized carbons (Fsp3) is 0.368. The van der Waals surface area contributed by atoms with E-state index in [0.717, 1.165) is 11.1 Å². The smallest absolute Gasteiger partial charge is 0.251 e. The highest BCUT2D eigenvalue weighted by Crippen LogP contribution is 2.19. The van der Waals surface area contributed by atoms with Crippen molar-refractivity contribution in [1.82, 2.24) is 15.5 Å². The molecule has 0 aliphatic heterocycles. The van der Waals surface area contributed by atoms with Gasteiger partial charge in [-0.25, -0.2) is 0 Å². The second kappa shape index (κ2) is 8.78. The van der Waals surface area contributed by atoms with Crippen LogP contribution in [0.5, 0.6) is 0 Å². The first-order valence-electron chi connectivity index (χ1n) is 8.18. The monoisotopic (exact) mass is 359 g/mol. The van der Waals surface area contributed by atoms with Crippen LogP contribution in [0.2, 0.25) is 0 Å². The zero-order chi connectivity index (χ0) is 18.4. The van der Waals surface area contributed by atoms with Crippen LogP contribution in [0.25, 0.3) is 0 Å². The zero-order valence-corrected chi connectivity index (χ0v) is 15.9. The minimum absolute atomic E-state index is 0.0321. The Morgan fingerprint density at radius 3 is 2.36 bits per heavy atom. The fourth-order valence-electron chi connectivity index (χ4n) is 2.70. The molecule has 0 spiro atoms. The van der Waals surface area contributed by atoms with E-state index in [1.54, 1.807) is 11.3 Å². The Morgan fingerprint density at radius 1 is 1.12 bits per heavy atom. The van der Waals surface area contributed by atoms with E-state index in [1.165, 1.54) is 5.56 Å². The van der Waals surface area contributed by atoms with E-state index in [4.69, 9.17) is 0 Å². The summed E-state index contributed by atoms with van der Waals surface area (Å²) in [5.74, 6) is -0.427.